The summed E-state index contributed by atoms with van der Waals surface area (Å²) in [5.74, 6) is -0.767. The fourth-order valence-corrected chi connectivity index (χ4v) is 3.04. The number of H-pyrrole nitrogens is 1. The molecule has 0 aliphatic carbocycles. The minimum absolute atomic E-state index is 0.252. The summed E-state index contributed by atoms with van der Waals surface area (Å²) in [6.45, 7) is 1.28. The molecule has 108 valence electrons. The van der Waals surface area contributed by atoms with E-state index in [1.54, 1.807) is 17.5 Å². The summed E-state index contributed by atoms with van der Waals surface area (Å²) in [4.78, 5) is 38.4. The van der Waals surface area contributed by atoms with Gasteiger partial charge >= 0.3 is 11.7 Å². The Labute approximate surface area is 121 Å². The molecular formula is C13H10N2O5S. The number of fused-ring (bicyclic) bond motifs is 1. The van der Waals surface area contributed by atoms with Crippen LogP contribution in [0.2, 0.25) is 0 Å². The molecule has 3 rings (SSSR count). The van der Waals surface area contributed by atoms with Crippen LogP contribution in [-0.2, 0) is 4.79 Å². The lowest BCUT2D eigenvalue weighted by molar-refractivity contribution is -0.140. The van der Waals surface area contributed by atoms with Crippen LogP contribution < -0.4 is 11.2 Å². The van der Waals surface area contributed by atoms with Gasteiger partial charge in [0.05, 0.1) is 11.6 Å². The predicted molar refractivity (Wildman–Crippen MR) is 76.8 cm³/mol. The quantitative estimate of drug-likeness (QED) is 0.765. The van der Waals surface area contributed by atoms with Gasteiger partial charge in [0.1, 0.15) is 16.6 Å². The summed E-state index contributed by atoms with van der Waals surface area (Å²) < 4.78 is 5.97. The molecule has 0 aliphatic rings. The number of hydrogen-bond acceptors (Lipinski definition) is 5. The zero-order valence-corrected chi connectivity index (χ0v) is 11.6. The van der Waals surface area contributed by atoms with Crippen molar-refractivity contribution in [1.82, 2.24) is 9.55 Å². The van der Waals surface area contributed by atoms with E-state index in [1.807, 2.05) is 0 Å². The lowest BCUT2D eigenvalue weighted by Crippen LogP contribution is -2.39. The van der Waals surface area contributed by atoms with Crippen molar-refractivity contribution in [3.8, 4) is 11.3 Å². The van der Waals surface area contributed by atoms with E-state index in [0.717, 1.165) is 0 Å². The van der Waals surface area contributed by atoms with E-state index in [0.29, 0.717) is 20.7 Å². The van der Waals surface area contributed by atoms with Gasteiger partial charge in [-0.1, -0.05) is 0 Å². The first-order chi connectivity index (χ1) is 10.0. The molecule has 0 aliphatic heterocycles. The Morgan fingerprint density at radius 3 is 2.86 bits per heavy atom. The molecule has 0 saturated carbocycles. The van der Waals surface area contributed by atoms with Gasteiger partial charge in [0.25, 0.3) is 5.56 Å². The van der Waals surface area contributed by atoms with E-state index < -0.39 is 23.3 Å². The monoisotopic (exact) mass is 306 g/mol. The average Bonchev–Trinajstić information content (AvgIpc) is 3.06. The first kappa shape index (κ1) is 13.4. The Bertz CT molecular complexity index is 932. The zero-order chi connectivity index (χ0) is 15.1. The summed E-state index contributed by atoms with van der Waals surface area (Å²) in [5, 5.41) is 11.0. The molecule has 0 fully saturated rings. The third kappa shape index (κ3) is 2.00. The molecular weight excluding hydrogens is 296 g/mol. The van der Waals surface area contributed by atoms with Crippen LogP contribution in [0.15, 0.2) is 37.8 Å². The molecule has 0 bridgehead atoms. The van der Waals surface area contributed by atoms with Crippen molar-refractivity contribution in [2.45, 2.75) is 13.0 Å². The number of furan rings is 1. The number of aromatic nitrogens is 2. The number of aliphatic carboxylic acids is 1. The minimum atomic E-state index is -1.25. The van der Waals surface area contributed by atoms with Crippen LogP contribution in [0.1, 0.15) is 13.0 Å². The second-order valence-corrected chi connectivity index (χ2v) is 5.33. The van der Waals surface area contributed by atoms with Gasteiger partial charge in [-0.25, -0.2) is 14.2 Å². The number of hydrogen-bond donors (Lipinski definition) is 2. The first-order valence-electron chi connectivity index (χ1n) is 6.03. The van der Waals surface area contributed by atoms with Crippen LogP contribution in [0, 0.1) is 0 Å². The Hall–Kier alpha value is -2.61. The molecule has 0 spiro atoms. The second kappa shape index (κ2) is 4.74. The highest BCUT2D eigenvalue weighted by atomic mass is 32.1. The maximum atomic E-state index is 12.5. The molecule has 0 aromatic carbocycles. The SMILES string of the molecule is CC(C(=O)O)n1c(=O)[nH]c2scc(-c3ccco3)c2c1=O. The highest BCUT2D eigenvalue weighted by molar-refractivity contribution is 7.17. The van der Waals surface area contributed by atoms with E-state index in [1.165, 1.54) is 24.5 Å². The van der Waals surface area contributed by atoms with Crippen LogP contribution in [-0.4, -0.2) is 20.6 Å². The van der Waals surface area contributed by atoms with E-state index in [4.69, 9.17) is 9.52 Å². The number of rotatable bonds is 3. The summed E-state index contributed by atoms with van der Waals surface area (Å²) >= 11 is 1.19. The Morgan fingerprint density at radius 1 is 1.48 bits per heavy atom. The van der Waals surface area contributed by atoms with Crippen LogP contribution >= 0.6 is 11.3 Å². The summed E-state index contributed by atoms with van der Waals surface area (Å²) in [6, 6.07) is 2.12. The lowest BCUT2D eigenvalue weighted by atomic mass is 10.2. The van der Waals surface area contributed by atoms with Crippen molar-refractivity contribution >= 4 is 27.5 Å². The fourth-order valence-electron chi connectivity index (χ4n) is 2.11. The normalized spacial score (nSPS) is 12.6. The largest absolute Gasteiger partial charge is 0.480 e. The number of nitrogens with zero attached hydrogens (tertiary/aromatic N) is 1. The van der Waals surface area contributed by atoms with Gasteiger partial charge in [-0.2, -0.15) is 0 Å². The van der Waals surface area contributed by atoms with Crippen molar-refractivity contribution in [3.63, 3.8) is 0 Å². The van der Waals surface area contributed by atoms with Crippen LogP contribution in [0.4, 0.5) is 0 Å². The lowest BCUT2D eigenvalue weighted by Gasteiger charge is -2.09. The smallest absolute Gasteiger partial charge is 0.330 e. The number of aromatic amines is 1. The predicted octanol–water partition coefficient (Wildman–Crippen LogP) is 1.66. The van der Waals surface area contributed by atoms with Gasteiger partial charge in [0.2, 0.25) is 0 Å². The Kier molecular flexibility index (Phi) is 3.02. The van der Waals surface area contributed by atoms with Crippen LogP contribution in [0.5, 0.6) is 0 Å². The second-order valence-electron chi connectivity index (χ2n) is 4.45. The molecule has 1 atom stereocenters. The van der Waals surface area contributed by atoms with Crippen molar-refractivity contribution in [2.75, 3.05) is 0 Å². The third-order valence-corrected chi connectivity index (χ3v) is 4.09. The summed E-state index contributed by atoms with van der Waals surface area (Å²) in [5.41, 5.74) is -0.848. The van der Waals surface area contributed by atoms with E-state index in [2.05, 4.69) is 4.98 Å². The molecule has 21 heavy (non-hydrogen) atoms. The third-order valence-electron chi connectivity index (χ3n) is 3.19. The molecule has 0 saturated heterocycles. The molecule has 8 heteroatoms. The molecule has 2 N–H and O–H groups in total. The molecule has 1 unspecified atom stereocenters. The molecule has 0 amide bonds. The first-order valence-corrected chi connectivity index (χ1v) is 6.91. The zero-order valence-electron chi connectivity index (χ0n) is 10.8. The number of carboxylic acids is 1. The van der Waals surface area contributed by atoms with Gasteiger partial charge in [-0.05, 0) is 19.1 Å². The maximum absolute atomic E-state index is 12.5. The molecule has 3 heterocycles. The molecule has 3 aromatic heterocycles. The molecule has 0 radical (unpaired) electrons. The number of nitrogens with one attached hydrogen (secondary N) is 1. The maximum Gasteiger partial charge on any atom is 0.330 e. The number of thiophene rings is 1. The van der Waals surface area contributed by atoms with Gasteiger partial charge < -0.3 is 9.52 Å². The standard InChI is InChI=1S/C13H10N2O5S/c1-6(12(17)18)15-11(16)9-7(8-3-2-4-20-8)5-21-10(9)14-13(15)19/h2-6H,1H3,(H,14,19)(H,17,18). The molecule has 7 nitrogen and oxygen atoms in total. The van der Waals surface area contributed by atoms with Gasteiger partial charge in [-0.3, -0.25) is 9.78 Å². The summed E-state index contributed by atoms with van der Waals surface area (Å²) in [6.07, 6.45) is 1.48. The topological polar surface area (TPSA) is 105 Å². The van der Waals surface area contributed by atoms with Crippen LogP contribution in [0.3, 0.4) is 0 Å². The Balaban J connectivity index is 2.38. The van der Waals surface area contributed by atoms with Crippen molar-refractivity contribution in [2.24, 2.45) is 0 Å². The fraction of sp³-hybridized carbons (Fsp3) is 0.154. The van der Waals surface area contributed by atoms with Crippen molar-refractivity contribution in [3.05, 3.63) is 44.6 Å². The Morgan fingerprint density at radius 2 is 2.24 bits per heavy atom. The van der Waals surface area contributed by atoms with Gasteiger partial charge in [-0.15, -0.1) is 11.3 Å². The van der Waals surface area contributed by atoms with E-state index in [-0.39, 0.29) is 5.39 Å². The van der Waals surface area contributed by atoms with Gasteiger partial charge in [0.15, 0.2) is 0 Å². The number of carbonyl (C=O) groups is 1. The molecule has 3 aromatic rings. The highest BCUT2D eigenvalue weighted by Crippen LogP contribution is 2.30. The summed E-state index contributed by atoms with van der Waals surface area (Å²) in [7, 11) is 0. The minimum Gasteiger partial charge on any atom is -0.480 e. The average molecular weight is 306 g/mol. The highest BCUT2D eigenvalue weighted by Gasteiger charge is 2.22. The van der Waals surface area contributed by atoms with Crippen molar-refractivity contribution < 1.29 is 14.3 Å². The van der Waals surface area contributed by atoms with Gasteiger partial charge in [0, 0.05) is 10.9 Å². The number of carboxylic acid groups (broad SMARTS) is 1. The van der Waals surface area contributed by atoms with E-state index in [9.17, 15) is 14.4 Å². The van der Waals surface area contributed by atoms with Crippen LogP contribution in [0.25, 0.3) is 21.5 Å². The van der Waals surface area contributed by atoms with Crippen molar-refractivity contribution in [1.29, 1.82) is 0 Å². The van der Waals surface area contributed by atoms with E-state index >= 15 is 0 Å².